The van der Waals surface area contributed by atoms with E-state index in [1.54, 1.807) is 12.4 Å². The first-order valence-corrected chi connectivity index (χ1v) is 5.37. The van der Waals surface area contributed by atoms with Crippen molar-refractivity contribution >= 4 is 0 Å². The molecule has 4 nitrogen and oxygen atoms in total. The van der Waals surface area contributed by atoms with Crippen molar-refractivity contribution in [1.82, 2.24) is 14.9 Å². The fourth-order valence-electron chi connectivity index (χ4n) is 1.87. The van der Waals surface area contributed by atoms with Crippen molar-refractivity contribution in [2.45, 2.75) is 6.42 Å². The number of nitrogens with zero attached hydrogens (tertiary/aromatic N) is 3. The van der Waals surface area contributed by atoms with E-state index in [4.69, 9.17) is 4.74 Å². The van der Waals surface area contributed by atoms with Gasteiger partial charge >= 0.3 is 0 Å². The van der Waals surface area contributed by atoms with Gasteiger partial charge in [0.05, 0.1) is 13.2 Å². The fraction of sp³-hybridized carbons (Fsp3) is 0.636. The Morgan fingerprint density at radius 1 is 1.47 bits per heavy atom. The molecule has 1 unspecified atom stereocenters. The zero-order valence-electron chi connectivity index (χ0n) is 9.09. The summed E-state index contributed by atoms with van der Waals surface area (Å²) in [5.41, 5.74) is 0. The summed E-state index contributed by atoms with van der Waals surface area (Å²) < 4.78 is 5.55. The van der Waals surface area contributed by atoms with Crippen molar-refractivity contribution in [2.75, 3.05) is 33.4 Å². The third-order valence-corrected chi connectivity index (χ3v) is 2.63. The Morgan fingerprint density at radius 3 is 3.07 bits per heavy atom. The third-order valence-electron chi connectivity index (χ3n) is 2.63. The molecule has 1 atom stereocenters. The average Bonchev–Trinajstić information content (AvgIpc) is 2.44. The van der Waals surface area contributed by atoms with E-state index < -0.39 is 0 Å². The molecule has 1 aromatic heterocycles. The molecule has 2 rings (SSSR count). The highest BCUT2D eigenvalue weighted by Gasteiger charge is 2.17. The van der Waals surface area contributed by atoms with E-state index >= 15 is 0 Å². The van der Waals surface area contributed by atoms with Gasteiger partial charge in [0, 0.05) is 37.8 Å². The van der Waals surface area contributed by atoms with Crippen LogP contribution in [0.4, 0.5) is 0 Å². The molecule has 2 heterocycles. The maximum Gasteiger partial charge on any atom is 0.128 e. The highest BCUT2D eigenvalue weighted by molar-refractivity contribution is 4.91. The average molecular weight is 207 g/mol. The fourth-order valence-corrected chi connectivity index (χ4v) is 1.87. The second-order valence-corrected chi connectivity index (χ2v) is 4.07. The molecule has 0 aromatic carbocycles. The topological polar surface area (TPSA) is 38.2 Å². The van der Waals surface area contributed by atoms with Crippen molar-refractivity contribution in [3.63, 3.8) is 0 Å². The number of likely N-dealkylation sites (N-methyl/N-ethyl adjacent to an activating group) is 1. The summed E-state index contributed by atoms with van der Waals surface area (Å²) in [6.45, 7) is 3.75. The first-order valence-electron chi connectivity index (χ1n) is 5.37. The maximum absolute atomic E-state index is 5.55. The molecule has 0 N–H and O–H groups in total. The van der Waals surface area contributed by atoms with Crippen molar-refractivity contribution in [1.29, 1.82) is 0 Å². The summed E-state index contributed by atoms with van der Waals surface area (Å²) in [7, 11) is 2.13. The summed E-state index contributed by atoms with van der Waals surface area (Å²) in [6, 6.07) is 1.85. The second-order valence-electron chi connectivity index (χ2n) is 4.07. The monoisotopic (exact) mass is 207 g/mol. The molecule has 1 saturated heterocycles. The van der Waals surface area contributed by atoms with Crippen LogP contribution in [0, 0.1) is 5.92 Å². The first kappa shape index (κ1) is 10.5. The Bertz CT molecular complexity index is 291. The van der Waals surface area contributed by atoms with Gasteiger partial charge in [-0.3, -0.25) is 0 Å². The largest absolute Gasteiger partial charge is 0.380 e. The van der Waals surface area contributed by atoms with Gasteiger partial charge < -0.3 is 9.64 Å². The van der Waals surface area contributed by atoms with Gasteiger partial charge in [0.25, 0.3) is 0 Å². The van der Waals surface area contributed by atoms with E-state index in [2.05, 4.69) is 21.9 Å². The highest BCUT2D eigenvalue weighted by atomic mass is 16.5. The molecular formula is C11H17N3O. The van der Waals surface area contributed by atoms with E-state index in [0.29, 0.717) is 5.92 Å². The van der Waals surface area contributed by atoms with Crippen molar-refractivity contribution < 1.29 is 4.74 Å². The van der Waals surface area contributed by atoms with Crippen molar-refractivity contribution in [2.24, 2.45) is 5.92 Å². The van der Waals surface area contributed by atoms with Crippen LogP contribution < -0.4 is 0 Å². The standard InChI is InChI=1S/C11H17N3O/c1-14-5-6-15-9-10(8-14)7-11-12-3-2-4-13-11/h2-4,10H,5-9H2,1H3. The van der Waals surface area contributed by atoms with Crippen LogP contribution in [0.15, 0.2) is 18.5 Å². The Labute approximate surface area is 90.3 Å². The number of hydrogen-bond donors (Lipinski definition) is 0. The molecule has 0 amide bonds. The minimum Gasteiger partial charge on any atom is -0.380 e. The van der Waals surface area contributed by atoms with Gasteiger partial charge in [-0.2, -0.15) is 0 Å². The molecule has 82 valence electrons. The van der Waals surface area contributed by atoms with Crippen LogP contribution in [-0.4, -0.2) is 48.2 Å². The molecule has 0 aliphatic carbocycles. The summed E-state index contributed by atoms with van der Waals surface area (Å²) in [6.07, 6.45) is 4.50. The third kappa shape index (κ3) is 3.25. The number of hydrogen-bond acceptors (Lipinski definition) is 4. The lowest BCUT2D eigenvalue weighted by Gasteiger charge is -2.17. The molecule has 0 saturated carbocycles. The van der Waals surface area contributed by atoms with Gasteiger partial charge in [-0.05, 0) is 13.1 Å². The molecule has 0 bridgehead atoms. The Kier molecular flexibility index (Phi) is 3.64. The molecule has 4 heteroatoms. The second kappa shape index (κ2) is 5.19. The van der Waals surface area contributed by atoms with E-state index in [-0.39, 0.29) is 0 Å². The van der Waals surface area contributed by atoms with Crippen LogP contribution in [0.3, 0.4) is 0 Å². The summed E-state index contributed by atoms with van der Waals surface area (Å²) in [4.78, 5) is 10.8. The van der Waals surface area contributed by atoms with E-state index in [0.717, 1.165) is 38.5 Å². The van der Waals surface area contributed by atoms with E-state index in [1.807, 2.05) is 6.07 Å². The number of rotatable bonds is 2. The molecule has 15 heavy (non-hydrogen) atoms. The predicted molar refractivity (Wildman–Crippen MR) is 57.5 cm³/mol. The zero-order chi connectivity index (χ0) is 10.5. The molecule has 1 aromatic rings. The quantitative estimate of drug-likeness (QED) is 0.711. The van der Waals surface area contributed by atoms with Gasteiger partial charge in [0.15, 0.2) is 0 Å². The number of ether oxygens (including phenoxy) is 1. The van der Waals surface area contributed by atoms with Crippen LogP contribution in [-0.2, 0) is 11.2 Å². The summed E-state index contributed by atoms with van der Waals surface area (Å²) >= 11 is 0. The van der Waals surface area contributed by atoms with Gasteiger partial charge in [-0.25, -0.2) is 9.97 Å². The van der Waals surface area contributed by atoms with Crippen LogP contribution in [0.5, 0.6) is 0 Å². The minimum absolute atomic E-state index is 0.514. The Morgan fingerprint density at radius 2 is 2.27 bits per heavy atom. The van der Waals surface area contributed by atoms with Gasteiger partial charge in [-0.15, -0.1) is 0 Å². The van der Waals surface area contributed by atoms with Crippen molar-refractivity contribution in [3.05, 3.63) is 24.3 Å². The van der Waals surface area contributed by atoms with E-state index in [1.165, 1.54) is 0 Å². The molecule has 1 aliphatic rings. The van der Waals surface area contributed by atoms with Crippen LogP contribution in [0.1, 0.15) is 5.82 Å². The molecule has 1 fully saturated rings. The van der Waals surface area contributed by atoms with Crippen LogP contribution in [0.25, 0.3) is 0 Å². The van der Waals surface area contributed by atoms with Crippen LogP contribution in [0.2, 0.25) is 0 Å². The highest BCUT2D eigenvalue weighted by Crippen LogP contribution is 2.09. The normalized spacial score (nSPS) is 23.7. The molecule has 1 aliphatic heterocycles. The smallest absolute Gasteiger partial charge is 0.128 e. The lowest BCUT2D eigenvalue weighted by Crippen LogP contribution is -2.27. The Hall–Kier alpha value is -1.00. The van der Waals surface area contributed by atoms with Gasteiger partial charge in [0.1, 0.15) is 5.82 Å². The molecular weight excluding hydrogens is 190 g/mol. The zero-order valence-corrected chi connectivity index (χ0v) is 9.09. The summed E-state index contributed by atoms with van der Waals surface area (Å²) in [5.74, 6) is 1.43. The SMILES string of the molecule is CN1CCOCC(Cc2ncccn2)C1. The van der Waals surface area contributed by atoms with Crippen molar-refractivity contribution in [3.8, 4) is 0 Å². The maximum atomic E-state index is 5.55. The molecule has 0 spiro atoms. The Balaban J connectivity index is 1.93. The lowest BCUT2D eigenvalue weighted by atomic mass is 10.1. The predicted octanol–water partition coefficient (Wildman–Crippen LogP) is 0.597. The number of aromatic nitrogens is 2. The molecule has 0 radical (unpaired) electrons. The lowest BCUT2D eigenvalue weighted by molar-refractivity contribution is 0.122. The van der Waals surface area contributed by atoms with Gasteiger partial charge in [-0.1, -0.05) is 0 Å². The van der Waals surface area contributed by atoms with E-state index in [9.17, 15) is 0 Å². The summed E-state index contributed by atoms with van der Waals surface area (Å²) in [5, 5.41) is 0. The first-order chi connectivity index (χ1) is 7.34. The minimum atomic E-state index is 0.514. The van der Waals surface area contributed by atoms with Gasteiger partial charge in [0.2, 0.25) is 0 Å². The van der Waals surface area contributed by atoms with Crippen LogP contribution >= 0.6 is 0 Å².